The summed E-state index contributed by atoms with van der Waals surface area (Å²) in [5.41, 5.74) is -1.25. The Balaban J connectivity index is 1.59. The topological polar surface area (TPSA) is 88.9 Å². The molecular weight excluding hydrogens is 659 g/mol. The van der Waals surface area contributed by atoms with E-state index in [0.29, 0.717) is 85.6 Å². The maximum Gasteiger partial charge on any atom is 0.265 e. The van der Waals surface area contributed by atoms with Crippen LogP contribution >= 0.6 is 0 Å². The third kappa shape index (κ3) is 8.84. The summed E-state index contributed by atoms with van der Waals surface area (Å²) in [4.78, 5) is 38.1. The lowest BCUT2D eigenvalue weighted by Gasteiger charge is -2.36. The molecule has 0 saturated carbocycles. The number of alkyl halides is 2. The van der Waals surface area contributed by atoms with Gasteiger partial charge in [0.15, 0.2) is 0 Å². The van der Waals surface area contributed by atoms with Gasteiger partial charge in [-0.15, -0.1) is 0 Å². The molecule has 2 heterocycles. The first-order valence-electron chi connectivity index (χ1n) is 18.1. The number of rotatable bonds is 15. The number of amides is 1. The Morgan fingerprint density at radius 2 is 1.94 bits per heavy atom. The summed E-state index contributed by atoms with van der Waals surface area (Å²) in [5.74, 6) is -3.24. The number of carbonyl (C=O) groups excluding carboxylic acids is 1. The molecule has 2 aliphatic carbocycles. The zero-order valence-electron chi connectivity index (χ0n) is 30.5. The lowest BCUT2D eigenvalue weighted by molar-refractivity contribution is -0.133. The summed E-state index contributed by atoms with van der Waals surface area (Å²) in [7, 11) is 1.83. The highest BCUT2D eigenvalue weighted by Crippen LogP contribution is 2.49. The molecule has 0 bridgehead atoms. The quantitative estimate of drug-likeness (QED) is 0.288. The Morgan fingerprint density at radius 1 is 1.22 bits per heavy atom. The molecule has 1 aromatic heterocycles. The van der Waals surface area contributed by atoms with Crippen molar-refractivity contribution in [3.63, 3.8) is 0 Å². The van der Waals surface area contributed by atoms with Crippen molar-refractivity contribution in [2.45, 2.75) is 71.8 Å². The van der Waals surface area contributed by atoms with Gasteiger partial charge in [-0.25, -0.2) is 18.2 Å². The van der Waals surface area contributed by atoms with Gasteiger partial charge < -0.3 is 19.7 Å². The molecule has 0 radical (unpaired) electrons. The molecule has 51 heavy (non-hydrogen) atoms. The number of halogens is 3. The van der Waals surface area contributed by atoms with Crippen LogP contribution in [0.1, 0.15) is 71.7 Å². The van der Waals surface area contributed by atoms with Gasteiger partial charge in [-0.3, -0.25) is 19.1 Å². The van der Waals surface area contributed by atoms with E-state index in [9.17, 15) is 18.4 Å². The number of nitrogens with one attached hydrogen (secondary N) is 1. The molecule has 1 saturated heterocycles. The number of ether oxygens (including phenoxy) is 2. The van der Waals surface area contributed by atoms with Crippen LogP contribution in [0.4, 0.5) is 13.2 Å². The molecule has 2 aromatic rings. The van der Waals surface area contributed by atoms with Gasteiger partial charge in [0.1, 0.15) is 17.4 Å². The van der Waals surface area contributed by atoms with E-state index in [4.69, 9.17) is 14.5 Å². The second-order valence-electron chi connectivity index (χ2n) is 14.1. The molecule has 5 rings (SSSR count). The molecule has 0 spiro atoms. The number of hydrogen-bond acceptors (Lipinski definition) is 7. The molecule has 1 aromatic carbocycles. The highest BCUT2D eigenvalue weighted by Gasteiger charge is 2.50. The summed E-state index contributed by atoms with van der Waals surface area (Å²) >= 11 is 0. The van der Waals surface area contributed by atoms with Crippen LogP contribution in [0.2, 0.25) is 0 Å². The lowest BCUT2D eigenvalue weighted by atomic mass is 9.75. The van der Waals surface area contributed by atoms with Crippen LogP contribution in [0.5, 0.6) is 5.75 Å². The first-order valence-corrected chi connectivity index (χ1v) is 18.1. The van der Waals surface area contributed by atoms with E-state index in [1.807, 2.05) is 50.4 Å². The van der Waals surface area contributed by atoms with Crippen LogP contribution in [-0.4, -0.2) is 90.8 Å². The molecule has 1 amide bonds. The normalized spacial score (nSPS) is 21.5. The fraction of sp³-hybridized carbons (Fsp3) is 0.564. The lowest BCUT2D eigenvalue weighted by Crippen LogP contribution is -2.51. The summed E-state index contributed by atoms with van der Waals surface area (Å²) in [6.07, 6.45) is 7.95. The van der Waals surface area contributed by atoms with E-state index < -0.39 is 23.2 Å². The minimum Gasteiger partial charge on any atom is -0.494 e. The zero-order chi connectivity index (χ0) is 36.8. The highest BCUT2D eigenvalue weighted by atomic mass is 19.3. The average molecular weight is 712 g/mol. The molecule has 3 unspecified atom stereocenters. The van der Waals surface area contributed by atoms with Gasteiger partial charge in [-0.2, -0.15) is 0 Å². The third-order valence-electron chi connectivity index (χ3n) is 10.3. The van der Waals surface area contributed by atoms with Gasteiger partial charge in [-0.1, -0.05) is 25.2 Å². The average Bonchev–Trinajstić information content (AvgIpc) is 3.09. The summed E-state index contributed by atoms with van der Waals surface area (Å²) in [6, 6.07) is 6.61. The fourth-order valence-corrected chi connectivity index (χ4v) is 6.91. The van der Waals surface area contributed by atoms with Gasteiger partial charge in [0.25, 0.3) is 11.5 Å². The first kappa shape index (κ1) is 38.5. The van der Waals surface area contributed by atoms with Crippen molar-refractivity contribution in [3.8, 4) is 11.4 Å². The molecule has 1 N–H and O–H groups in total. The number of benzene rings is 1. The Hall–Kier alpha value is -3.74. The van der Waals surface area contributed by atoms with E-state index in [-0.39, 0.29) is 30.2 Å². The third-order valence-corrected chi connectivity index (χ3v) is 10.3. The van der Waals surface area contributed by atoms with Crippen molar-refractivity contribution in [1.82, 2.24) is 24.7 Å². The number of nitrogens with zero attached hydrogens (tertiary/aromatic N) is 4. The molecule has 1 fully saturated rings. The van der Waals surface area contributed by atoms with E-state index in [1.165, 1.54) is 6.92 Å². The SMILES string of the molecule is CCOc1ccc(-n2c(C(CCNC)N(CCCN3CCOCC3)C(=O)CC3=CCC(C)(C(C)(F)F)C(F)=C3)nc3c(c2=O)=CCC(C)C=3)cc1. The van der Waals surface area contributed by atoms with Gasteiger partial charge in [0, 0.05) is 33.1 Å². The van der Waals surface area contributed by atoms with E-state index >= 15 is 4.39 Å². The van der Waals surface area contributed by atoms with Gasteiger partial charge >= 0.3 is 0 Å². The summed E-state index contributed by atoms with van der Waals surface area (Å²) < 4.78 is 57.0. The zero-order valence-corrected chi connectivity index (χ0v) is 30.5. The molecule has 278 valence electrons. The van der Waals surface area contributed by atoms with Crippen LogP contribution < -0.4 is 26.2 Å². The molecule has 1 aliphatic heterocycles. The van der Waals surface area contributed by atoms with Crippen LogP contribution in [0.25, 0.3) is 17.8 Å². The monoisotopic (exact) mass is 711 g/mol. The Bertz CT molecular complexity index is 1780. The number of fused-ring (bicyclic) bond motifs is 1. The van der Waals surface area contributed by atoms with Crippen LogP contribution in [-0.2, 0) is 9.53 Å². The van der Waals surface area contributed by atoms with Crippen molar-refractivity contribution < 1.29 is 27.4 Å². The van der Waals surface area contributed by atoms with Crippen LogP contribution in [0, 0.1) is 11.3 Å². The Labute approximate surface area is 298 Å². The van der Waals surface area contributed by atoms with Crippen LogP contribution in [0.3, 0.4) is 0 Å². The first-order chi connectivity index (χ1) is 24.4. The number of carbonyl (C=O) groups is 1. The van der Waals surface area contributed by atoms with E-state index in [0.717, 1.165) is 32.6 Å². The number of hydrogen-bond donors (Lipinski definition) is 1. The molecule has 12 heteroatoms. The van der Waals surface area contributed by atoms with Crippen LogP contribution in [0.15, 0.2) is 52.6 Å². The predicted molar refractivity (Wildman–Crippen MR) is 193 cm³/mol. The second-order valence-corrected chi connectivity index (χ2v) is 14.1. The van der Waals surface area contributed by atoms with Gasteiger partial charge in [0.2, 0.25) is 5.91 Å². The number of allylic oxidation sites excluding steroid dienone is 3. The highest BCUT2D eigenvalue weighted by molar-refractivity contribution is 5.80. The number of morpholine rings is 1. The van der Waals surface area contributed by atoms with Gasteiger partial charge in [0.05, 0.1) is 54.0 Å². The smallest absolute Gasteiger partial charge is 0.265 e. The molecular formula is C39H52F3N5O4. The minimum atomic E-state index is -3.28. The molecule has 3 aliphatic rings. The van der Waals surface area contributed by atoms with Gasteiger partial charge in [-0.05, 0) is 95.0 Å². The Morgan fingerprint density at radius 3 is 2.59 bits per heavy atom. The van der Waals surface area contributed by atoms with E-state index in [2.05, 4.69) is 17.1 Å². The standard InChI is InChI=1S/C39H52F3N5O4/c1-6-51-30-11-9-29(10-12-30)47-36(44-32-24-27(2)8-13-31(32)37(47)49)33(15-17-43-5)46(19-7-18-45-20-22-50-23-21-45)35(48)26-28-14-16-38(3,34(40)25-28)39(4,41)42/h9-14,24-25,27,33,43H,6-8,15-23,26H2,1-5H3. The summed E-state index contributed by atoms with van der Waals surface area (Å²) in [6.45, 7) is 10.9. The minimum absolute atomic E-state index is 0.179. The molecule has 9 nitrogen and oxygen atoms in total. The van der Waals surface area contributed by atoms with Crippen molar-refractivity contribution in [3.05, 3.63) is 74.6 Å². The number of aromatic nitrogens is 2. The largest absolute Gasteiger partial charge is 0.494 e. The second kappa shape index (κ2) is 16.7. The van der Waals surface area contributed by atoms with Crippen molar-refractivity contribution in [2.75, 3.05) is 59.6 Å². The van der Waals surface area contributed by atoms with Crippen molar-refractivity contribution in [1.29, 1.82) is 0 Å². The maximum absolute atomic E-state index is 15.3. The predicted octanol–water partition coefficient (Wildman–Crippen LogP) is 4.67. The summed E-state index contributed by atoms with van der Waals surface area (Å²) in [5, 5.41) is 4.31. The Kier molecular flexibility index (Phi) is 12.6. The van der Waals surface area contributed by atoms with E-state index in [1.54, 1.807) is 15.5 Å². The van der Waals surface area contributed by atoms with Crippen molar-refractivity contribution >= 4 is 18.1 Å². The van der Waals surface area contributed by atoms with Crippen molar-refractivity contribution in [2.24, 2.45) is 11.3 Å². The fourth-order valence-electron chi connectivity index (χ4n) is 6.91. The maximum atomic E-state index is 15.3. The molecule has 3 atom stereocenters.